The van der Waals surface area contributed by atoms with Gasteiger partial charge in [0.15, 0.2) is 0 Å². The zero-order valence-electron chi connectivity index (χ0n) is 22.0. The fourth-order valence-electron chi connectivity index (χ4n) is 6.49. The Kier molecular flexibility index (Phi) is 6.62. The lowest BCUT2D eigenvalue weighted by Gasteiger charge is -2.65. The Bertz CT molecular complexity index is 1140. The molecule has 0 bridgehead atoms. The van der Waals surface area contributed by atoms with E-state index in [0.29, 0.717) is 12.0 Å². The van der Waals surface area contributed by atoms with Gasteiger partial charge < -0.3 is 10.6 Å². The summed E-state index contributed by atoms with van der Waals surface area (Å²) in [5.41, 5.74) is 7.98. The van der Waals surface area contributed by atoms with Gasteiger partial charge in [0.25, 0.3) is 0 Å². The fourth-order valence-corrected chi connectivity index (χ4v) is 6.49. The molecular formula is C34H38N2. The zero-order chi connectivity index (χ0) is 25.2. The van der Waals surface area contributed by atoms with Crippen LogP contribution in [-0.2, 0) is 12.8 Å². The summed E-state index contributed by atoms with van der Waals surface area (Å²) < 4.78 is 0. The number of hydrogen-bond acceptors (Lipinski definition) is 2. The highest BCUT2D eigenvalue weighted by Gasteiger charge is 2.61. The third-order valence-corrected chi connectivity index (χ3v) is 8.26. The van der Waals surface area contributed by atoms with Crippen molar-refractivity contribution in [2.75, 3.05) is 10.6 Å². The van der Waals surface area contributed by atoms with Crippen LogP contribution in [-0.4, -0.2) is 6.04 Å². The van der Waals surface area contributed by atoms with Gasteiger partial charge in [-0.1, -0.05) is 100 Å². The van der Waals surface area contributed by atoms with Gasteiger partial charge in [-0.2, -0.15) is 0 Å². The molecule has 4 aromatic rings. The number of nitrogens with one attached hydrogen (secondary N) is 2. The maximum absolute atomic E-state index is 3.89. The van der Waals surface area contributed by atoms with Gasteiger partial charge in [0.05, 0.1) is 0 Å². The average Bonchev–Trinajstić information content (AvgIpc) is 2.88. The summed E-state index contributed by atoms with van der Waals surface area (Å²) in [6, 6.07) is 39.4. The van der Waals surface area contributed by atoms with Crippen LogP contribution < -0.4 is 10.6 Å². The van der Waals surface area contributed by atoms with Gasteiger partial charge in [0.2, 0.25) is 0 Å². The van der Waals surface area contributed by atoms with Crippen molar-refractivity contribution in [1.82, 2.24) is 0 Å². The molecule has 0 amide bonds. The molecule has 1 fully saturated rings. The Morgan fingerprint density at radius 2 is 1.00 bits per heavy atom. The average molecular weight is 475 g/mol. The molecule has 184 valence electrons. The highest BCUT2D eigenvalue weighted by molar-refractivity contribution is 5.59. The van der Waals surface area contributed by atoms with Crippen LogP contribution >= 0.6 is 0 Å². The molecule has 0 spiro atoms. The van der Waals surface area contributed by atoms with Crippen LogP contribution in [0.15, 0.2) is 109 Å². The molecule has 0 atom stereocenters. The smallest absolute Gasteiger partial charge is 0.0384 e. The Balaban J connectivity index is 1.21. The first-order valence-corrected chi connectivity index (χ1v) is 13.1. The predicted octanol–water partition coefficient (Wildman–Crippen LogP) is 8.73. The standard InChI is InChI=1S/C34H38N2/c1-33(2)31(24-27-17-19-29(20-18-27)35-28-13-9-6-10-14-28)34(3,4)32(33)36-30-21-15-26(16-22-30)23-25-11-7-5-8-12-25/h5-22,31-32,35-36H,23-24H2,1-4H3. The van der Waals surface area contributed by atoms with Crippen molar-refractivity contribution >= 4 is 17.1 Å². The lowest BCUT2D eigenvalue weighted by molar-refractivity contribution is -0.0973. The number of hydrogen-bond donors (Lipinski definition) is 2. The van der Waals surface area contributed by atoms with Crippen molar-refractivity contribution in [3.05, 3.63) is 126 Å². The third-order valence-electron chi connectivity index (χ3n) is 8.26. The van der Waals surface area contributed by atoms with Crippen LogP contribution in [0.2, 0.25) is 0 Å². The fraction of sp³-hybridized carbons (Fsp3) is 0.294. The molecule has 0 saturated heterocycles. The lowest BCUT2D eigenvalue weighted by Crippen LogP contribution is -2.67. The van der Waals surface area contributed by atoms with Crippen LogP contribution in [0.3, 0.4) is 0 Å². The van der Waals surface area contributed by atoms with Gasteiger partial charge in [-0.05, 0) is 82.7 Å². The molecule has 1 aliphatic rings. The van der Waals surface area contributed by atoms with Crippen LogP contribution in [0.1, 0.15) is 44.4 Å². The lowest BCUT2D eigenvalue weighted by atomic mass is 9.43. The largest absolute Gasteiger partial charge is 0.381 e. The van der Waals surface area contributed by atoms with Crippen molar-refractivity contribution in [2.24, 2.45) is 16.7 Å². The molecule has 2 nitrogen and oxygen atoms in total. The predicted molar refractivity (Wildman–Crippen MR) is 154 cm³/mol. The minimum absolute atomic E-state index is 0.202. The molecule has 0 unspecified atom stereocenters. The second kappa shape index (κ2) is 9.85. The van der Waals surface area contributed by atoms with E-state index in [1.807, 2.05) is 6.07 Å². The maximum atomic E-state index is 3.89. The highest BCUT2D eigenvalue weighted by atomic mass is 15.0. The molecule has 5 rings (SSSR count). The topological polar surface area (TPSA) is 24.1 Å². The number of rotatable bonds is 8. The van der Waals surface area contributed by atoms with E-state index < -0.39 is 0 Å². The summed E-state index contributed by atoms with van der Waals surface area (Å²) in [5.74, 6) is 0.604. The van der Waals surface area contributed by atoms with Crippen LogP contribution in [0.5, 0.6) is 0 Å². The quantitative estimate of drug-likeness (QED) is 0.267. The van der Waals surface area contributed by atoms with Crippen LogP contribution in [0, 0.1) is 16.7 Å². The van der Waals surface area contributed by atoms with E-state index in [1.165, 1.54) is 22.4 Å². The molecule has 2 heteroatoms. The summed E-state index contributed by atoms with van der Waals surface area (Å²) in [5, 5.41) is 7.38. The molecule has 4 aromatic carbocycles. The molecule has 0 aromatic heterocycles. The SMILES string of the molecule is CC1(C)C(Cc2ccc(Nc3ccccc3)cc2)C(C)(C)C1Nc1ccc(Cc2ccccc2)cc1. The molecule has 0 aliphatic heterocycles. The molecule has 1 aliphatic carbocycles. The first-order chi connectivity index (χ1) is 17.3. The van der Waals surface area contributed by atoms with E-state index in [4.69, 9.17) is 0 Å². The van der Waals surface area contributed by atoms with E-state index in [9.17, 15) is 0 Å². The van der Waals surface area contributed by atoms with Gasteiger partial charge in [-0.3, -0.25) is 0 Å². The second-order valence-corrected chi connectivity index (χ2v) is 11.5. The summed E-state index contributed by atoms with van der Waals surface area (Å²) in [6.45, 7) is 9.71. The summed E-state index contributed by atoms with van der Waals surface area (Å²) >= 11 is 0. The van der Waals surface area contributed by atoms with Crippen molar-refractivity contribution in [3.8, 4) is 0 Å². The Morgan fingerprint density at radius 3 is 1.61 bits per heavy atom. The van der Waals surface area contributed by atoms with Gasteiger partial charge in [0.1, 0.15) is 0 Å². The first-order valence-electron chi connectivity index (χ1n) is 13.1. The van der Waals surface area contributed by atoms with E-state index in [0.717, 1.165) is 24.2 Å². The summed E-state index contributed by atoms with van der Waals surface area (Å²) in [4.78, 5) is 0. The van der Waals surface area contributed by atoms with Crippen LogP contribution in [0.25, 0.3) is 0 Å². The van der Waals surface area contributed by atoms with Crippen LogP contribution in [0.4, 0.5) is 17.1 Å². The summed E-state index contributed by atoms with van der Waals surface area (Å²) in [7, 11) is 0. The molecular weight excluding hydrogens is 436 g/mol. The molecule has 1 saturated carbocycles. The number of para-hydroxylation sites is 1. The van der Waals surface area contributed by atoms with E-state index in [-0.39, 0.29) is 10.8 Å². The number of benzene rings is 4. The third kappa shape index (κ3) is 5.04. The maximum Gasteiger partial charge on any atom is 0.0384 e. The van der Waals surface area contributed by atoms with E-state index in [2.05, 4.69) is 141 Å². The minimum Gasteiger partial charge on any atom is -0.381 e. The van der Waals surface area contributed by atoms with E-state index >= 15 is 0 Å². The normalized spacial score (nSPS) is 19.8. The number of anilines is 3. The Hall–Kier alpha value is -3.52. The minimum atomic E-state index is 0.202. The second-order valence-electron chi connectivity index (χ2n) is 11.5. The highest BCUT2D eigenvalue weighted by Crippen LogP contribution is 2.60. The van der Waals surface area contributed by atoms with Crippen molar-refractivity contribution < 1.29 is 0 Å². The van der Waals surface area contributed by atoms with Gasteiger partial charge in [-0.15, -0.1) is 0 Å². The van der Waals surface area contributed by atoms with E-state index in [1.54, 1.807) is 0 Å². The Labute approximate surface area is 216 Å². The van der Waals surface area contributed by atoms with Crippen molar-refractivity contribution in [3.63, 3.8) is 0 Å². The van der Waals surface area contributed by atoms with Gasteiger partial charge in [-0.25, -0.2) is 0 Å². The van der Waals surface area contributed by atoms with Gasteiger partial charge in [0, 0.05) is 23.1 Å². The zero-order valence-corrected chi connectivity index (χ0v) is 22.0. The molecule has 0 heterocycles. The monoisotopic (exact) mass is 474 g/mol. The summed E-state index contributed by atoms with van der Waals surface area (Å²) in [6.07, 6.45) is 2.07. The molecule has 0 radical (unpaired) electrons. The van der Waals surface area contributed by atoms with Crippen molar-refractivity contribution in [1.29, 1.82) is 0 Å². The van der Waals surface area contributed by atoms with Gasteiger partial charge >= 0.3 is 0 Å². The Morgan fingerprint density at radius 1 is 0.528 bits per heavy atom. The molecule has 36 heavy (non-hydrogen) atoms. The molecule has 2 N–H and O–H groups in total. The first kappa shape index (κ1) is 24.2. The van der Waals surface area contributed by atoms with Crippen molar-refractivity contribution in [2.45, 2.75) is 46.6 Å².